The summed E-state index contributed by atoms with van der Waals surface area (Å²) < 4.78 is 32.1. The molecule has 2 rings (SSSR count). The maximum atomic E-state index is 13.6. The third-order valence-electron chi connectivity index (χ3n) is 3.85. The molecule has 8 heteroatoms. The van der Waals surface area contributed by atoms with Crippen LogP contribution in [0.2, 0.25) is 0 Å². The normalized spacial score (nSPS) is 12.9. The number of hydrogen-bond donors (Lipinski definition) is 3. The van der Waals surface area contributed by atoms with E-state index in [1.54, 1.807) is 12.1 Å². The van der Waals surface area contributed by atoms with Gasteiger partial charge in [0.05, 0.1) is 11.7 Å². The monoisotopic (exact) mass is 379 g/mol. The molecule has 2 aromatic carbocycles. The van der Waals surface area contributed by atoms with Crippen molar-refractivity contribution >= 4 is 12.4 Å². The lowest BCUT2D eigenvalue weighted by Gasteiger charge is -2.19. The van der Waals surface area contributed by atoms with Gasteiger partial charge in [-0.2, -0.15) is 0 Å². The molecular formula is C19H19F2NO5. The quantitative estimate of drug-likeness (QED) is 0.613. The number of aliphatic hydroxyl groups is 2. The lowest BCUT2D eigenvalue weighted by Crippen LogP contribution is -2.29. The van der Waals surface area contributed by atoms with Crippen LogP contribution >= 0.6 is 0 Å². The van der Waals surface area contributed by atoms with Crippen molar-refractivity contribution in [3.8, 4) is 0 Å². The Hall–Kier alpha value is -2.84. The lowest BCUT2D eigenvalue weighted by molar-refractivity contribution is 0.0133. The van der Waals surface area contributed by atoms with Crippen LogP contribution in [0, 0.1) is 11.6 Å². The van der Waals surface area contributed by atoms with Crippen LogP contribution < -0.4 is 5.32 Å². The smallest absolute Gasteiger partial charge is 0.407 e. The summed E-state index contributed by atoms with van der Waals surface area (Å²) in [7, 11) is 0. The number of halogens is 2. The predicted octanol–water partition coefficient (Wildman–Crippen LogP) is 2.49. The predicted molar refractivity (Wildman–Crippen MR) is 92.0 cm³/mol. The average Bonchev–Trinajstić information content (AvgIpc) is 2.66. The molecule has 0 aromatic heterocycles. The topological polar surface area (TPSA) is 95.9 Å². The van der Waals surface area contributed by atoms with Gasteiger partial charge in [-0.05, 0) is 29.7 Å². The van der Waals surface area contributed by atoms with E-state index in [0.717, 1.165) is 17.7 Å². The van der Waals surface area contributed by atoms with Gasteiger partial charge in [0.2, 0.25) is 0 Å². The first-order chi connectivity index (χ1) is 12.9. The highest BCUT2D eigenvalue weighted by Crippen LogP contribution is 2.23. The molecule has 0 saturated carbocycles. The SMILES string of the molecule is O=Cc1c(F)cc(C(O)C(O)CCNC(=O)OCc2ccccc2)cc1F. The van der Waals surface area contributed by atoms with Crippen molar-refractivity contribution in [3.05, 3.63) is 70.8 Å². The highest BCUT2D eigenvalue weighted by molar-refractivity contribution is 5.75. The zero-order valence-corrected chi connectivity index (χ0v) is 14.3. The Morgan fingerprint density at radius 3 is 2.37 bits per heavy atom. The Morgan fingerprint density at radius 1 is 1.15 bits per heavy atom. The van der Waals surface area contributed by atoms with Crippen LogP contribution in [0.1, 0.15) is 34.0 Å². The molecule has 0 spiro atoms. The van der Waals surface area contributed by atoms with E-state index in [4.69, 9.17) is 4.74 Å². The highest BCUT2D eigenvalue weighted by Gasteiger charge is 2.21. The second kappa shape index (κ2) is 9.75. The van der Waals surface area contributed by atoms with E-state index in [0.29, 0.717) is 0 Å². The summed E-state index contributed by atoms with van der Waals surface area (Å²) >= 11 is 0. The minimum absolute atomic E-state index is 0.0246. The van der Waals surface area contributed by atoms with E-state index in [2.05, 4.69) is 5.32 Å². The number of nitrogens with one attached hydrogen (secondary N) is 1. The van der Waals surface area contributed by atoms with Crippen LogP contribution in [0.5, 0.6) is 0 Å². The summed E-state index contributed by atoms with van der Waals surface area (Å²) in [5.74, 6) is -2.26. The molecule has 144 valence electrons. The lowest BCUT2D eigenvalue weighted by atomic mass is 10.00. The van der Waals surface area contributed by atoms with Gasteiger partial charge in [-0.3, -0.25) is 4.79 Å². The number of amides is 1. The first-order valence-electron chi connectivity index (χ1n) is 8.17. The summed E-state index contributed by atoms with van der Waals surface area (Å²) in [6.07, 6.45) is -3.73. The molecule has 3 N–H and O–H groups in total. The Labute approximate surface area is 154 Å². The third kappa shape index (κ3) is 5.83. The molecular weight excluding hydrogens is 360 g/mol. The van der Waals surface area contributed by atoms with Crippen molar-refractivity contribution in [2.75, 3.05) is 6.54 Å². The minimum Gasteiger partial charge on any atom is -0.445 e. The van der Waals surface area contributed by atoms with E-state index < -0.39 is 35.5 Å². The maximum Gasteiger partial charge on any atom is 0.407 e. The Morgan fingerprint density at radius 2 is 1.78 bits per heavy atom. The molecule has 2 unspecified atom stereocenters. The number of rotatable bonds is 8. The second-order valence-electron chi connectivity index (χ2n) is 5.81. The van der Waals surface area contributed by atoms with E-state index in [1.807, 2.05) is 18.2 Å². The largest absolute Gasteiger partial charge is 0.445 e. The van der Waals surface area contributed by atoms with Crippen LogP contribution in [-0.4, -0.2) is 35.2 Å². The van der Waals surface area contributed by atoms with E-state index >= 15 is 0 Å². The van der Waals surface area contributed by atoms with E-state index in [1.165, 1.54) is 0 Å². The number of ether oxygens (including phenoxy) is 1. The molecule has 0 fully saturated rings. The van der Waals surface area contributed by atoms with E-state index in [-0.39, 0.29) is 31.4 Å². The Balaban J connectivity index is 1.80. The molecule has 0 aliphatic carbocycles. The van der Waals surface area contributed by atoms with Gasteiger partial charge < -0.3 is 20.3 Å². The second-order valence-corrected chi connectivity index (χ2v) is 5.81. The Kier molecular flexibility index (Phi) is 7.39. The van der Waals surface area contributed by atoms with Crippen molar-refractivity contribution in [1.82, 2.24) is 5.32 Å². The van der Waals surface area contributed by atoms with Gasteiger partial charge in [-0.15, -0.1) is 0 Å². The van der Waals surface area contributed by atoms with Crippen molar-refractivity contribution in [2.24, 2.45) is 0 Å². The summed E-state index contributed by atoms with van der Waals surface area (Å²) in [5.41, 5.74) is -0.149. The molecule has 2 aromatic rings. The van der Waals surface area contributed by atoms with Crippen molar-refractivity contribution in [2.45, 2.75) is 25.2 Å². The van der Waals surface area contributed by atoms with Crippen LogP contribution in [-0.2, 0) is 11.3 Å². The number of benzene rings is 2. The molecule has 6 nitrogen and oxygen atoms in total. The maximum absolute atomic E-state index is 13.6. The standard InChI is InChI=1S/C19H19F2NO5/c20-15-8-13(9-16(21)14(15)10-23)18(25)17(24)6-7-22-19(26)27-11-12-4-2-1-3-5-12/h1-5,8-10,17-18,24-25H,6-7,11H2,(H,22,26). The molecule has 0 saturated heterocycles. The first-order valence-corrected chi connectivity index (χ1v) is 8.17. The van der Waals surface area contributed by atoms with Crippen molar-refractivity contribution in [3.63, 3.8) is 0 Å². The number of carbonyl (C=O) groups excluding carboxylic acids is 2. The van der Waals surface area contributed by atoms with Gasteiger partial charge in [0.1, 0.15) is 24.3 Å². The summed E-state index contributed by atoms with van der Waals surface area (Å²) in [5, 5.41) is 22.4. The first kappa shape index (κ1) is 20.5. The molecule has 0 aliphatic heterocycles. The fourth-order valence-corrected chi connectivity index (χ4v) is 2.36. The fourth-order valence-electron chi connectivity index (χ4n) is 2.36. The summed E-state index contributed by atoms with van der Waals surface area (Å²) in [6.45, 7) is 0.0583. The van der Waals surface area contributed by atoms with Crippen LogP contribution in [0.25, 0.3) is 0 Å². The zero-order chi connectivity index (χ0) is 19.8. The van der Waals surface area contributed by atoms with Crippen molar-refractivity contribution < 1.29 is 33.3 Å². The molecule has 0 radical (unpaired) electrons. The molecule has 27 heavy (non-hydrogen) atoms. The number of aliphatic hydroxyl groups excluding tert-OH is 2. The zero-order valence-electron chi connectivity index (χ0n) is 14.3. The summed E-state index contributed by atoms with van der Waals surface area (Å²) in [4.78, 5) is 22.2. The van der Waals surface area contributed by atoms with E-state index in [9.17, 15) is 28.6 Å². The molecule has 1 amide bonds. The molecule has 0 bridgehead atoms. The van der Waals surface area contributed by atoms with Crippen LogP contribution in [0.3, 0.4) is 0 Å². The van der Waals surface area contributed by atoms with Gasteiger partial charge in [0.15, 0.2) is 6.29 Å². The van der Waals surface area contributed by atoms with Crippen molar-refractivity contribution in [1.29, 1.82) is 0 Å². The van der Waals surface area contributed by atoms with Crippen LogP contribution in [0.4, 0.5) is 13.6 Å². The fraction of sp³-hybridized carbons (Fsp3) is 0.263. The van der Waals surface area contributed by atoms with Gasteiger partial charge >= 0.3 is 6.09 Å². The Bertz CT molecular complexity index is 762. The minimum atomic E-state index is -1.59. The number of carbonyl (C=O) groups is 2. The highest BCUT2D eigenvalue weighted by atomic mass is 19.1. The molecule has 0 aliphatic rings. The number of alkyl carbamates (subject to hydrolysis) is 1. The summed E-state index contributed by atoms with van der Waals surface area (Å²) in [6, 6.07) is 10.6. The van der Waals surface area contributed by atoms with Gasteiger partial charge in [-0.25, -0.2) is 13.6 Å². The van der Waals surface area contributed by atoms with Gasteiger partial charge in [0, 0.05) is 6.54 Å². The number of hydrogen-bond acceptors (Lipinski definition) is 5. The van der Waals surface area contributed by atoms with Crippen LogP contribution in [0.15, 0.2) is 42.5 Å². The third-order valence-corrected chi connectivity index (χ3v) is 3.85. The van der Waals surface area contributed by atoms with Gasteiger partial charge in [0.25, 0.3) is 0 Å². The number of aldehydes is 1. The van der Waals surface area contributed by atoms with Gasteiger partial charge in [-0.1, -0.05) is 30.3 Å². The average molecular weight is 379 g/mol. The molecule has 2 atom stereocenters. The molecule has 0 heterocycles.